The van der Waals surface area contributed by atoms with Crippen molar-refractivity contribution in [3.05, 3.63) is 41.4 Å². The van der Waals surface area contributed by atoms with Gasteiger partial charge in [0, 0.05) is 11.6 Å². The Bertz CT molecular complexity index is 796. The number of imidazole rings is 1. The molecular weight excluding hydrogens is 276 g/mol. The second-order valence-corrected chi connectivity index (χ2v) is 4.95. The van der Waals surface area contributed by atoms with Crippen molar-refractivity contribution in [2.75, 3.05) is 0 Å². The number of hydrogen-bond acceptors (Lipinski definition) is 3. The number of phenols is 2. The summed E-state index contributed by atoms with van der Waals surface area (Å²) in [5.41, 5.74) is 2.20. The molecule has 0 bridgehead atoms. The van der Waals surface area contributed by atoms with Gasteiger partial charge in [0.25, 0.3) is 0 Å². The fourth-order valence-corrected chi connectivity index (χ4v) is 2.50. The number of nitrogens with zero attached hydrogens (tertiary/aromatic N) is 2. The highest BCUT2D eigenvalue weighted by atomic mass is 35.5. The summed E-state index contributed by atoms with van der Waals surface area (Å²) < 4.78 is 1.97. The number of fused-ring (bicyclic) bond motifs is 1. The molecule has 0 unspecified atom stereocenters. The summed E-state index contributed by atoms with van der Waals surface area (Å²) in [6, 6.07) is 9.89. The van der Waals surface area contributed by atoms with E-state index in [1.807, 2.05) is 23.6 Å². The van der Waals surface area contributed by atoms with Gasteiger partial charge in [-0.3, -0.25) is 0 Å². The molecule has 0 saturated heterocycles. The molecule has 2 N–H and O–H groups in total. The van der Waals surface area contributed by atoms with Gasteiger partial charge in [0.2, 0.25) is 0 Å². The van der Waals surface area contributed by atoms with Gasteiger partial charge in [0.15, 0.2) is 0 Å². The van der Waals surface area contributed by atoms with Crippen LogP contribution >= 0.6 is 11.6 Å². The summed E-state index contributed by atoms with van der Waals surface area (Å²) in [4.78, 5) is 4.52. The molecule has 5 heteroatoms. The average molecular weight is 289 g/mol. The zero-order valence-corrected chi connectivity index (χ0v) is 11.6. The van der Waals surface area contributed by atoms with Gasteiger partial charge in [0.05, 0.1) is 16.6 Å². The zero-order chi connectivity index (χ0) is 14.3. The van der Waals surface area contributed by atoms with Crippen molar-refractivity contribution in [3.8, 4) is 22.9 Å². The summed E-state index contributed by atoms with van der Waals surface area (Å²) in [6.07, 6.45) is 0. The number of aromatic nitrogens is 2. The van der Waals surface area contributed by atoms with Crippen molar-refractivity contribution in [2.45, 2.75) is 13.5 Å². The van der Waals surface area contributed by atoms with Crippen molar-refractivity contribution in [1.82, 2.24) is 9.55 Å². The minimum atomic E-state index is 0.0823. The predicted molar refractivity (Wildman–Crippen MR) is 79.2 cm³/mol. The number of aromatic hydroxyl groups is 2. The van der Waals surface area contributed by atoms with Gasteiger partial charge in [-0.25, -0.2) is 4.98 Å². The molecule has 0 atom stereocenters. The molecule has 0 spiro atoms. The number of hydrogen-bond donors (Lipinski definition) is 2. The van der Waals surface area contributed by atoms with E-state index in [-0.39, 0.29) is 11.5 Å². The molecule has 1 aromatic heterocycles. The van der Waals surface area contributed by atoms with Crippen LogP contribution in [0.25, 0.3) is 22.4 Å². The Kier molecular flexibility index (Phi) is 3.03. The maximum absolute atomic E-state index is 10.00. The number of phenolic OH excluding ortho intramolecular Hbond substituents is 2. The van der Waals surface area contributed by atoms with E-state index in [1.54, 1.807) is 6.07 Å². The maximum Gasteiger partial charge on any atom is 0.145 e. The molecule has 0 fully saturated rings. The molecular formula is C15H13ClN2O2. The predicted octanol–water partition coefficient (Wildman–Crippen LogP) is 3.79. The Morgan fingerprint density at radius 3 is 2.70 bits per heavy atom. The second kappa shape index (κ2) is 4.72. The third-order valence-corrected chi connectivity index (χ3v) is 3.48. The van der Waals surface area contributed by atoms with Crippen LogP contribution in [0.1, 0.15) is 6.92 Å². The van der Waals surface area contributed by atoms with Crippen molar-refractivity contribution >= 4 is 22.6 Å². The molecule has 0 aliphatic carbocycles. The number of benzene rings is 2. The van der Waals surface area contributed by atoms with Crippen LogP contribution in [0.2, 0.25) is 5.02 Å². The summed E-state index contributed by atoms with van der Waals surface area (Å²) in [7, 11) is 0. The Morgan fingerprint density at radius 2 is 1.95 bits per heavy atom. The van der Waals surface area contributed by atoms with Crippen molar-refractivity contribution in [2.24, 2.45) is 0 Å². The topological polar surface area (TPSA) is 58.3 Å². The van der Waals surface area contributed by atoms with E-state index >= 15 is 0 Å². The molecule has 102 valence electrons. The second-order valence-electron chi connectivity index (χ2n) is 4.51. The highest BCUT2D eigenvalue weighted by Crippen LogP contribution is 2.34. The molecule has 1 heterocycles. The number of rotatable bonds is 2. The van der Waals surface area contributed by atoms with Crippen LogP contribution in [0.4, 0.5) is 0 Å². The van der Waals surface area contributed by atoms with Gasteiger partial charge in [-0.15, -0.1) is 0 Å². The molecule has 0 radical (unpaired) electrons. The smallest absolute Gasteiger partial charge is 0.145 e. The summed E-state index contributed by atoms with van der Waals surface area (Å²) in [5, 5.41) is 20.2. The molecule has 3 rings (SSSR count). The van der Waals surface area contributed by atoms with Crippen molar-refractivity contribution in [1.29, 1.82) is 0 Å². The van der Waals surface area contributed by atoms with E-state index < -0.39 is 0 Å². The van der Waals surface area contributed by atoms with Gasteiger partial charge in [-0.05, 0) is 43.3 Å². The Morgan fingerprint density at radius 1 is 1.15 bits per heavy atom. The molecule has 0 saturated carbocycles. The standard InChI is InChI=1S/C15H13ClN2O2/c1-2-18-13-5-3-9(16)7-12(13)17-15(18)11-8-10(19)4-6-14(11)20/h3-8,19-20H,2H2,1H3. The molecule has 0 aliphatic rings. The van der Waals surface area contributed by atoms with Crippen LogP contribution in [0, 0.1) is 0 Å². The minimum absolute atomic E-state index is 0.0823. The van der Waals surface area contributed by atoms with Gasteiger partial charge < -0.3 is 14.8 Å². The van der Waals surface area contributed by atoms with Crippen LogP contribution in [-0.4, -0.2) is 19.8 Å². The lowest BCUT2D eigenvalue weighted by Crippen LogP contribution is -1.97. The van der Waals surface area contributed by atoms with Crippen molar-refractivity contribution < 1.29 is 10.2 Å². The van der Waals surface area contributed by atoms with Gasteiger partial charge in [0.1, 0.15) is 17.3 Å². The number of aryl methyl sites for hydroxylation is 1. The van der Waals surface area contributed by atoms with E-state index in [9.17, 15) is 10.2 Å². The third kappa shape index (κ3) is 1.98. The highest BCUT2D eigenvalue weighted by molar-refractivity contribution is 6.31. The van der Waals surface area contributed by atoms with Crippen LogP contribution in [0.15, 0.2) is 36.4 Å². The van der Waals surface area contributed by atoms with Gasteiger partial charge in [-0.1, -0.05) is 11.6 Å². The lowest BCUT2D eigenvalue weighted by atomic mass is 10.1. The maximum atomic E-state index is 10.00. The monoisotopic (exact) mass is 288 g/mol. The average Bonchev–Trinajstić information content (AvgIpc) is 2.78. The van der Waals surface area contributed by atoms with E-state index in [4.69, 9.17) is 11.6 Å². The van der Waals surface area contributed by atoms with Crippen LogP contribution < -0.4 is 0 Å². The molecule has 0 amide bonds. The van der Waals surface area contributed by atoms with E-state index in [0.29, 0.717) is 23.0 Å². The van der Waals surface area contributed by atoms with Gasteiger partial charge >= 0.3 is 0 Å². The first-order valence-corrected chi connectivity index (χ1v) is 6.66. The Hall–Kier alpha value is -2.20. The van der Waals surface area contributed by atoms with Crippen molar-refractivity contribution in [3.63, 3.8) is 0 Å². The largest absolute Gasteiger partial charge is 0.508 e. The normalized spacial score (nSPS) is 11.1. The first-order chi connectivity index (χ1) is 9.60. The minimum Gasteiger partial charge on any atom is -0.508 e. The van der Waals surface area contributed by atoms with Crippen LogP contribution in [0.5, 0.6) is 11.5 Å². The Balaban J connectivity index is 2.32. The molecule has 3 aromatic rings. The molecule has 0 aliphatic heterocycles. The first-order valence-electron chi connectivity index (χ1n) is 6.28. The SMILES string of the molecule is CCn1c(-c2cc(O)ccc2O)nc2cc(Cl)ccc21. The van der Waals surface area contributed by atoms with E-state index in [2.05, 4.69) is 4.98 Å². The van der Waals surface area contributed by atoms with Crippen LogP contribution in [0.3, 0.4) is 0 Å². The highest BCUT2D eigenvalue weighted by Gasteiger charge is 2.15. The summed E-state index contributed by atoms with van der Waals surface area (Å²) in [5.74, 6) is 0.780. The lowest BCUT2D eigenvalue weighted by Gasteiger charge is -2.08. The number of halogens is 1. The fraction of sp³-hybridized carbons (Fsp3) is 0.133. The molecule has 4 nitrogen and oxygen atoms in total. The quantitative estimate of drug-likeness (QED) is 0.705. The summed E-state index contributed by atoms with van der Waals surface area (Å²) >= 11 is 5.99. The molecule has 20 heavy (non-hydrogen) atoms. The fourth-order valence-electron chi connectivity index (χ4n) is 2.33. The van der Waals surface area contributed by atoms with E-state index in [1.165, 1.54) is 18.2 Å². The lowest BCUT2D eigenvalue weighted by molar-refractivity contribution is 0.461. The van der Waals surface area contributed by atoms with Gasteiger partial charge in [-0.2, -0.15) is 0 Å². The third-order valence-electron chi connectivity index (χ3n) is 3.25. The van der Waals surface area contributed by atoms with Crippen LogP contribution in [-0.2, 0) is 6.54 Å². The zero-order valence-electron chi connectivity index (χ0n) is 10.8. The Labute approximate surface area is 120 Å². The summed E-state index contributed by atoms with van der Waals surface area (Å²) in [6.45, 7) is 2.70. The first kappa shape index (κ1) is 12.8. The van der Waals surface area contributed by atoms with E-state index in [0.717, 1.165) is 11.0 Å². The molecule has 2 aromatic carbocycles.